The molecule has 1 heterocycles. The Hall–Kier alpha value is -2.14. The molecule has 0 aliphatic carbocycles. The van der Waals surface area contributed by atoms with Crippen LogP contribution in [0.5, 0.6) is 0 Å². The van der Waals surface area contributed by atoms with Crippen LogP contribution in [-0.2, 0) is 11.3 Å². The van der Waals surface area contributed by atoms with E-state index in [4.69, 9.17) is 5.73 Å². The average molecular weight is 259 g/mol. The Balaban J connectivity index is 1.85. The lowest BCUT2D eigenvalue weighted by Crippen LogP contribution is -2.19. The predicted molar refractivity (Wildman–Crippen MR) is 73.8 cm³/mol. The van der Waals surface area contributed by atoms with Crippen molar-refractivity contribution in [3.8, 4) is 0 Å². The third-order valence-corrected chi connectivity index (χ3v) is 3.04. The van der Waals surface area contributed by atoms with Crippen molar-refractivity contribution in [1.82, 2.24) is 10.3 Å². The lowest BCUT2D eigenvalue weighted by atomic mass is 10.2. The molecule has 0 saturated carbocycles. The Morgan fingerprint density at radius 1 is 1.39 bits per heavy atom. The highest BCUT2D eigenvalue weighted by Gasteiger charge is 1.98. The molecule has 0 atom stereocenters. The lowest BCUT2D eigenvalue weighted by Gasteiger charge is -1.98. The zero-order valence-corrected chi connectivity index (χ0v) is 10.5. The van der Waals surface area contributed by atoms with Gasteiger partial charge in [-0.3, -0.25) is 4.79 Å². The third-order valence-electron chi connectivity index (χ3n) is 2.26. The van der Waals surface area contributed by atoms with Gasteiger partial charge in [-0.2, -0.15) is 0 Å². The number of nitrogens with zero attached hydrogens (tertiary/aromatic N) is 1. The number of benzene rings is 1. The number of carbonyl (C=O) groups is 1. The minimum Gasteiger partial charge on any atom is -0.399 e. The van der Waals surface area contributed by atoms with Gasteiger partial charge in [0.2, 0.25) is 5.91 Å². The zero-order valence-electron chi connectivity index (χ0n) is 9.67. The highest BCUT2D eigenvalue weighted by molar-refractivity contribution is 7.09. The molecule has 0 unspecified atom stereocenters. The van der Waals surface area contributed by atoms with Crippen LogP contribution in [-0.4, -0.2) is 10.9 Å². The topological polar surface area (TPSA) is 68.0 Å². The first kappa shape index (κ1) is 12.3. The summed E-state index contributed by atoms with van der Waals surface area (Å²) in [7, 11) is 0. The first-order chi connectivity index (χ1) is 8.74. The zero-order chi connectivity index (χ0) is 12.8. The molecule has 92 valence electrons. The van der Waals surface area contributed by atoms with Crippen molar-refractivity contribution in [2.24, 2.45) is 0 Å². The summed E-state index contributed by atoms with van der Waals surface area (Å²) in [5, 5.41) is 5.54. The van der Waals surface area contributed by atoms with Crippen molar-refractivity contribution in [1.29, 1.82) is 0 Å². The molecule has 0 fully saturated rings. The van der Waals surface area contributed by atoms with E-state index in [9.17, 15) is 4.79 Å². The molecule has 5 heteroatoms. The fraction of sp³-hybridized carbons (Fsp3) is 0.0769. The number of nitrogens with two attached hydrogens (primary N) is 1. The van der Waals surface area contributed by atoms with E-state index in [0.717, 1.165) is 10.6 Å². The van der Waals surface area contributed by atoms with Crippen LogP contribution in [0.4, 0.5) is 5.69 Å². The van der Waals surface area contributed by atoms with Gasteiger partial charge in [0.15, 0.2) is 0 Å². The maximum Gasteiger partial charge on any atom is 0.244 e. The van der Waals surface area contributed by atoms with Gasteiger partial charge in [0.05, 0.1) is 6.54 Å². The van der Waals surface area contributed by atoms with Gasteiger partial charge in [0, 0.05) is 23.3 Å². The monoisotopic (exact) mass is 259 g/mol. The minimum atomic E-state index is -0.137. The van der Waals surface area contributed by atoms with Gasteiger partial charge in [-0.1, -0.05) is 12.1 Å². The molecule has 0 saturated heterocycles. The second kappa shape index (κ2) is 5.97. The second-order valence-corrected chi connectivity index (χ2v) is 4.62. The van der Waals surface area contributed by atoms with Crippen LogP contribution in [0.15, 0.2) is 41.9 Å². The quantitative estimate of drug-likeness (QED) is 0.652. The van der Waals surface area contributed by atoms with E-state index in [1.165, 1.54) is 17.4 Å². The van der Waals surface area contributed by atoms with Crippen LogP contribution < -0.4 is 11.1 Å². The number of carbonyl (C=O) groups excluding carboxylic acids is 1. The first-order valence-electron chi connectivity index (χ1n) is 5.44. The van der Waals surface area contributed by atoms with Crippen molar-refractivity contribution < 1.29 is 4.79 Å². The third kappa shape index (κ3) is 3.71. The largest absolute Gasteiger partial charge is 0.399 e. The summed E-state index contributed by atoms with van der Waals surface area (Å²) >= 11 is 1.52. The predicted octanol–water partition coefficient (Wildman–Crippen LogP) is 2.05. The summed E-state index contributed by atoms with van der Waals surface area (Å²) < 4.78 is 0. The molecule has 1 aromatic heterocycles. The van der Waals surface area contributed by atoms with E-state index in [-0.39, 0.29) is 5.91 Å². The molecule has 0 spiro atoms. The van der Waals surface area contributed by atoms with Crippen LogP contribution in [0.25, 0.3) is 6.08 Å². The molecule has 1 aromatic carbocycles. The van der Waals surface area contributed by atoms with Crippen molar-refractivity contribution in [2.75, 3.05) is 5.73 Å². The van der Waals surface area contributed by atoms with Crippen molar-refractivity contribution in [3.05, 3.63) is 52.5 Å². The Morgan fingerprint density at radius 3 is 2.83 bits per heavy atom. The number of amides is 1. The van der Waals surface area contributed by atoms with E-state index in [2.05, 4.69) is 10.3 Å². The lowest BCUT2D eigenvalue weighted by molar-refractivity contribution is -0.116. The molecular weight excluding hydrogens is 246 g/mol. The standard InChI is InChI=1S/C13H13N3OS/c14-11-4-1-10(2-5-11)3-6-12(17)16-9-13-15-7-8-18-13/h1-8H,9,14H2,(H,16,17)/b6-3+. The molecule has 0 aliphatic rings. The van der Waals surface area contributed by atoms with Crippen LogP contribution in [0.1, 0.15) is 10.6 Å². The molecular formula is C13H13N3OS. The molecule has 3 N–H and O–H groups in total. The maximum absolute atomic E-state index is 11.5. The number of nitrogens with one attached hydrogen (secondary N) is 1. The summed E-state index contributed by atoms with van der Waals surface area (Å²) in [6.07, 6.45) is 4.96. The van der Waals surface area contributed by atoms with Crippen LogP contribution >= 0.6 is 11.3 Å². The Morgan fingerprint density at radius 2 is 2.17 bits per heavy atom. The van der Waals surface area contributed by atoms with Crippen molar-refractivity contribution in [3.63, 3.8) is 0 Å². The SMILES string of the molecule is Nc1ccc(/C=C/C(=O)NCc2nccs2)cc1. The molecule has 18 heavy (non-hydrogen) atoms. The van der Waals surface area contributed by atoms with Gasteiger partial charge in [-0.25, -0.2) is 4.98 Å². The average Bonchev–Trinajstić information content (AvgIpc) is 2.89. The molecule has 0 bridgehead atoms. The Kier molecular flexibility index (Phi) is 4.09. The van der Waals surface area contributed by atoms with Gasteiger partial charge < -0.3 is 11.1 Å². The fourth-order valence-corrected chi connectivity index (χ4v) is 1.90. The highest BCUT2D eigenvalue weighted by atomic mass is 32.1. The molecule has 4 nitrogen and oxygen atoms in total. The molecule has 2 rings (SSSR count). The molecule has 2 aromatic rings. The summed E-state index contributed by atoms with van der Waals surface area (Å²) in [6.45, 7) is 0.461. The number of nitrogen functional groups attached to an aromatic ring is 1. The number of hydrogen-bond donors (Lipinski definition) is 2. The number of hydrogen-bond acceptors (Lipinski definition) is 4. The first-order valence-corrected chi connectivity index (χ1v) is 6.32. The smallest absolute Gasteiger partial charge is 0.244 e. The summed E-state index contributed by atoms with van der Waals surface area (Å²) in [4.78, 5) is 15.6. The minimum absolute atomic E-state index is 0.137. The second-order valence-electron chi connectivity index (χ2n) is 3.64. The number of thiazole rings is 1. The van der Waals surface area contributed by atoms with Crippen LogP contribution in [0.3, 0.4) is 0 Å². The van der Waals surface area contributed by atoms with E-state index in [0.29, 0.717) is 12.2 Å². The van der Waals surface area contributed by atoms with E-state index < -0.39 is 0 Å². The maximum atomic E-state index is 11.5. The van der Waals surface area contributed by atoms with Crippen molar-refractivity contribution in [2.45, 2.75) is 6.54 Å². The van der Waals surface area contributed by atoms with Crippen molar-refractivity contribution >= 4 is 29.0 Å². The molecule has 0 radical (unpaired) electrons. The Bertz CT molecular complexity index is 532. The summed E-state index contributed by atoms with van der Waals surface area (Å²) in [5.41, 5.74) is 7.22. The van der Waals surface area contributed by atoms with Crippen LogP contribution in [0.2, 0.25) is 0 Å². The van der Waals surface area contributed by atoms with Gasteiger partial charge >= 0.3 is 0 Å². The summed E-state index contributed by atoms with van der Waals surface area (Å²) in [5.74, 6) is -0.137. The van der Waals surface area contributed by atoms with E-state index >= 15 is 0 Å². The molecule has 0 aliphatic heterocycles. The van der Waals surface area contributed by atoms with Gasteiger partial charge in [0.25, 0.3) is 0 Å². The number of anilines is 1. The normalized spacial score (nSPS) is 10.7. The van der Waals surface area contributed by atoms with E-state index in [1.54, 1.807) is 24.4 Å². The summed E-state index contributed by atoms with van der Waals surface area (Å²) in [6, 6.07) is 7.32. The number of rotatable bonds is 4. The van der Waals surface area contributed by atoms with Gasteiger partial charge in [0.1, 0.15) is 5.01 Å². The highest BCUT2D eigenvalue weighted by Crippen LogP contribution is 2.07. The van der Waals surface area contributed by atoms with Crippen LogP contribution in [0, 0.1) is 0 Å². The van der Waals surface area contributed by atoms with Gasteiger partial charge in [-0.05, 0) is 23.8 Å². The Labute approximate surface area is 109 Å². The molecule has 1 amide bonds. The number of aromatic nitrogens is 1. The van der Waals surface area contributed by atoms with E-state index in [1.807, 2.05) is 17.5 Å². The van der Waals surface area contributed by atoms with Gasteiger partial charge in [-0.15, -0.1) is 11.3 Å². The fourth-order valence-electron chi connectivity index (χ4n) is 1.34.